The van der Waals surface area contributed by atoms with Gasteiger partial charge in [0.05, 0.1) is 29.1 Å². The second-order valence-corrected chi connectivity index (χ2v) is 7.55. The van der Waals surface area contributed by atoms with Crippen LogP contribution in [0.15, 0.2) is 84.8 Å². The number of fused-ring (bicyclic) bond motifs is 1. The zero-order valence-corrected chi connectivity index (χ0v) is 15.8. The normalized spacial score (nSPS) is 11.1. The summed E-state index contributed by atoms with van der Waals surface area (Å²) in [6.07, 6.45) is 5.54. The Morgan fingerprint density at radius 1 is 1.04 bits per heavy atom. The molecule has 2 aromatic carbocycles. The second-order valence-electron chi connectivity index (χ2n) is 6.60. The van der Waals surface area contributed by atoms with Crippen LogP contribution in [0.4, 0.5) is 0 Å². The molecule has 3 aromatic heterocycles. The number of aromatic amines is 1. The van der Waals surface area contributed by atoms with E-state index in [1.54, 1.807) is 6.33 Å². The number of hydrogen-bond acceptors (Lipinski definition) is 3. The number of carbonyl (C=O) groups is 1. The van der Waals surface area contributed by atoms with Gasteiger partial charge in [0.25, 0.3) is 0 Å². The summed E-state index contributed by atoms with van der Waals surface area (Å²) in [6.45, 7) is 0.597. The molecule has 136 valence electrons. The fraction of sp³-hybridized carbons (Fsp3) is 0.0435. The van der Waals surface area contributed by atoms with Crippen molar-refractivity contribution in [3.63, 3.8) is 0 Å². The maximum Gasteiger partial charge on any atom is 0.205 e. The molecule has 0 bridgehead atoms. The Hall–Kier alpha value is -3.44. The molecular weight excluding hydrogens is 366 g/mol. The van der Waals surface area contributed by atoms with Crippen molar-refractivity contribution in [2.75, 3.05) is 0 Å². The largest absolute Gasteiger partial charge is 0.351 e. The molecule has 0 unspecified atom stereocenters. The quantitative estimate of drug-likeness (QED) is 0.415. The smallest absolute Gasteiger partial charge is 0.205 e. The van der Waals surface area contributed by atoms with Gasteiger partial charge in [-0.2, -0.15) is 0 Å². The molecular formula is C23H17N3OS. The van der Waals surface area contributed by atoms with Gasteiger partial charge < -0.3 is 9.55 Å². The summed E-state index contributed by atoms with van der Waals surface area (Å²) in [5.74, 6) is 0.0544. The Kier molecular flexibility index (Phi) is 4.14. The van der Waals surface area contributed by atoms with E-state index in [1.807, 2.05) is 54.2 Å². The van der Waals surface area contributed by atoms with Crippen LogP contribution in [0.3, 0.4) is 0 Å². The van der Waals surface area contributed by atoms with E-state index >= 15 is 0 Å². The average molecular weight is 383 g/mol. The third-order valence-corrected chi connectivity index (χ3v) is 5.75. The van der Waals surface area contributed by atoms with Crippen molar-refractivity contribution >= 4 is 27.9 Å². The molecule has 0 radical (unpaired) electrons. The summed E-state index contributed by atoms with van der Waals surface area (Å²) in [6, 6.07) is 20.2. The van der Waals surface area contributed by atoms with Gasteiger partial charge in [0.1, 0.15) is 0 Å². The summed E-state index contributed by atoms with van der Waals surface area (Å²) in [5.41, 5.74) is 3.62. The molecule has 1 N–H and O–H groups in total. The lowest BCUT2D eigenvalue weighted by Crippen LogP contribution is -2.05. The fourth-order valence-electron chi connectivity index (χ4n) is 3.61. The van der Waals surface area contributed by atoms with E-state index in [-0.39, 0.29) is 5.78 Å². The molecule has 0 amide bonds. The zero-order valence-electron chi connectivity index (χ0n) is 15.0. The van der Waals surface area contributed by atoms with Gasteiger partial charge in [0.2, 0.25) is 5.78 Å². The van der Waals surface area contributed by atoms with Crippen LogP contribution in [0, 0.1) is 0 Å². The number of benzene rings is 2. The zero-order chi connectivity index (χ0) is 18.9. The van der Waals surface area contributed by atoms with Gasteiger partial charge in [-0.15, -0.1) is 11.3 Å². The van der Waals surface area contributed by atoms with Gasteiger partial charge in [-0.25, -0.2) is 4.98 Å². The number of imidazole rings is 1. The van der Waals surface area contributed by atoms with Crippen molar-refractivity contribution in [1.29, 1.82) is 0 Å². The molecule has 5 heteroatoms. The number of rotatable bonds is 5. The van der Waals surface area contributed by atoms with Crippen LogP contribution < -0.4 is 0 Å². The first-order chi connectivity index (χ1) is 13.8. The molecule has 4 nitrogen and oxygen atoms in total. The predicted molar refractivity (Wildman–Crippen MR) is 113 cm³/mol. The first-order valence-corrected chi connectivity index (χ1v) is 9.92. The van der Waals surface area contributed by atoms with Crippen LogP contribution in [0.25, 0.3) is 22.0 Å². The highest BCUT2D eigenvalue weighted by molar-refractivity contribution is 7.12. The second kappa shape index (κ2) is 6.94. The van der Waals surface area contributed by atoms with Crippen molar-refractivity contribution in [3.05, 3.63) is 101 Å². The number of aromatic nitrogens is 3. The Morgan fingerprint density at radius 3 is 2.75 bits per heavy atom. The minimum Gasteiger partial charge on any atom is -0.351 e. The lowest BCUT2D eigenvalue weighted by molar-refractivity contribution is 0.104. The number of nitrogens with zero attached hydrogens (tertiary/aromatic N) is 2. The van der Waals surface area contributed by atoms with Crippen LogP contribution in [0.1, 0.15) is 20.9 Å². The first kappa shape index (κ1) is 16.7. The van der Waals surface area contributed by atoms with Gasteiger partial charge >= 0.3 is 0 Å². The minimum atomic E-state index is 0.0544. The maximum absolute atomic E-state index is 13.2. The Labute approximate surface area is 166 Å². The standard InChI is InChI=1S/C23H17N3OS/c27-23(21-9-4-12-28-21)20-10-11-26(14-17-13-24-15-25-17)22(20)19-8-3-6-16-5-1-2-7-18(16)19/h1-13,15H,14H2,(H,24,25). The first-order valence-electron chi connectivity index (χ1n) is 9.04. The fourth-order valence-corrected chi connectivity index (χ4v) is 4.29. The highest BCUT2D eigenvalue weighted by atomic mass is 32.1. The summed E-state index contributed by atoms with van der Waals surface area (Å²) in [7, 11) is 0. The van der Waals surface area contributed by atoms with Crippen molar-refractivity contribution < 1.29 is 4.79 Å². The monoisotopic (exact) mass is 383 g/mol. The molecule has 0 fully saturated rings. The van der Waals surface area contributed by atoms with Gasteiger partial charge in [0.15, 0.2) is 0 Å². The molecule has 0 aliphatic heterocycles. The van der Waals surface area contributed by atoms with E-state index in [0.29, 0.717) is 12.1 Å². The van der Waals surface area contributed by atoms with Gasteiger partial charge in [-0.05, 0) is 28.3 Å². The van der Waals surface area contributed by atoms with Crippen LogP contribution in [-0.2, 0) is 6.54 Å². The molecule has 0 saturated carbocycles. The molecule has 5 aromatic rings. The molecule has 0 saturated heterocycles. The number of hydrogen-bond donors (Lipinski definition) is 1. The highest BCUT2D eigenvalue weighted by Crippen LogP contribution is 2.34. The van der Waals surface area contributed by atoms with E-state index in [4.69, 9.17) is 0 Å². The van der Waals surface area contributed by atoms with Gasteiger partial charge in [0, 0.05) is 23.5 Å². The third-order valence-electron chi connectivity index (χ3n) is 4.89. The van der Waals surface area contributed by atoms with Crippen LogP contribution in [0.2, 0.25) is 0 Å². The topological polar surface area (TPSA) is 50.7 Å². The van der Waals surface area contributed by atoms with Crippen molar-refractivity contribution in [2.24, 2.45) is 0 Å². The summed E-state index contributed by atoms with van der Waals surface area (Å²) in [5, 5.41) is 4.22. The summed E-state index contributed by atoms with van der Waals surface area (Å²) in [4.78, 5) is 21.3. The number of nitrogens with one attached hydrogen (secondary N) is 1. The highest BCUT2D eigenvalue weighted by Gasteiger charge is 2.21. The van der Waals surface area contributed by atoms with E-state index in [1.165, 1.54) is 11.3 Å². The van der Waals surface area contributed by atoms with Crippen molar-refractivity contribution in [3.8, 4) is 11.3 Å². The lowest BCUT2D eigenvalue weighted by Gasteiger charge is -2.13. The van der Waals surface area contributed by atoms with E-state index in [0.717, 1.165) is 32.6 Å². The van der Waals surface area contributed by atoms with E-state index < -0.39 is 0 Å². The number of ketones is 1. The van der Waals surface area contributed by atoms with Crippen molar-refractivity contribution in [2.45, 2.75) is 6.54 Å². The Balaban J connectivity index is 1.73. The molecule has 0 aliphatic carbocycles. The van der Waals surface area contributed by atoms with Crippen LogP contribution in [0.5, 0.6) is 0 Å². The number of thiophene rings is 1. The lowest BCUT2D eigenvalue weighted by atomic mass is 9.98. The van der Waals surface area contributed by atoms with E-state index in [9.17, 15) is 4.79 Å². The summed E-state index contributed by atoms with van der Waals surface area (Å²) >= 11 is 1.47. The minimum absolute atomic E-state index is 0.0544. The Morgan fingerprint density at radius 2 is 1.93 bits per heavy atom. The molecule has 0 spiro atoms. The number of carbonyl (C=O) groups excluding carboxylic acids is 1. The van der Waals surface area contributed by atoms with Crippen molar-refractivity contribution in [1.82, 2.24) is 14.5 Å². The number of H-pyrrole nitrogens is 1. The van der Waals surface area contributed by atoms with Crippen LogP contribution >= 0.6 is 11.3 Å². The molecule has 28 heavy (non-hydrogen) atoms. The maximum atomic E-state index is 13.2. The predicted octanol–water partition coefficient (Wildman–Crippen LogP) is 5.37. The van der Waals surface area contributed by atoms with Crippen LogP contribution in [-0.4, -0.2) is 20.3 Å². The Bertz CT molecular complexity index is 1250. The average Bonchev–Trinajstić information content (AvgIpc) is 3.49. The molecule has 0 aliphatic rings. The van der Waals surface area contributed by atoms with Gasteiger partial charge in [-0.1, -0.05) is 48.5 Å². The molecule has 5 rings (SSSR count). The third kappa shape index (κ3) is 2.86. The van der Waals surface area contributed by atoms with Gasteiger partial charge in [-0.3, -0.25) is 4.79 Å². The molecule has 0 atom stereocenters. The van der Waals surface area contributed by atoms with E-state index in [2.05, 4.69) is 38.8 Å². The SMILES string of the molecule is O=C(c1cccs1)c1ccn(Cc2c[nH]cn2)c1-c1cccc2ccccc12. The summed E-state index contributed by atoms with van der Waals surface area (Å²) < 4.78 is 2.11. The molecule has 3 heterocycles.